The summed E-state index contributed by atoms with van der Waals surface area (Å²) in [5, 5.41) is 39.4. The third-order valence-corrected chi connectivity index (χ3v) is 10.4. The van der Waals surface area contributed by atoms with Crippen molar-refractivity contribution in [3.8, 4) is 11.8 Å². The number of nitriles is 1. The largest absolute Gasteiger partial charge is 0.466 e. The SMILES string of the molecule is CCCCCOC(=O)C[C@H](NP(=O)(OC[C@H]1O[C@@](C#N)(c2ccc3c(N)ncnn23)[C@H](O)[C@@H]1O)Oc1ccc(C(C)(C)C)cc1)C(=O)OCCCCC. The Morgan fingerprint density at radius 2 is 1.74 bits per heavy atom. The number of nitrogen functional groups attached to an aromatic ring is 1. The lowest BCUT2D eigenvalue weighted by molar-refractivity contribution is -0.152. The average molecular weight is 759 g/mol. The number of ether oxygens (including phenoxy) is 3. The van der Waals surface area contributed by atoms with Gasteiger partial charge in [0.05, 0.1) is 31.9 Å². The van der Waals surface area contributed by atoms with Crippen molar-refractivity contribution >= 4 is 31.0 Å². The second-order valence-electron chi connectivity index (χ2n) is 13.9. The van der Waals surface area contributed by atoms with Crippen molar-refractivity contribution < 1.29 is 47.6 Å². The van der Waals surface area contributed by atoms with Gasteiger partial charge in [-0.2, -0.15) is 15.4 Å². The highest BCUT2D eigenvalue weighted by Crippen LogP contribution is 2.48. The molecule has 0 radical (unpaired) electrons. The van der Waals surface area contributed by atoms with Crippen molar-refractivity contribution in [3.05, 3.63) is 54.0 Å². The van der Waals surface area contributed by atoms with E-state index in [1.165, 1.54) is 16.6 Å². The molecule has 1 unspecified atom stereocenters. The summed E-state index contributed by atoms with van der Waals surface area (Å²) in [5.41, 5.74) is 4.94. The maximum absolute atomic E-state index is 14.6. The van der Waals surface area contributed by atoms with Gasteiger partial charge in [-0.3, -0.25) is 14.1 Å². The first kappa shape index (κ1) is 41.7. The fraction of sp³-hybridized carbons (Fsp3) is 0.583. The molecule has 53 heavy (non-hydrogen) atoms. The predicted octanol–water partition coefficient (Wildman–Crippen LogP) is 4.47. The summed E-state index contributed by atoms with van der Waals surface area (Å²) in [4.78, 5) is 30.2. The molecule has 0 bridgehead atoms. The number of unbranched alkanes of at least 4 members (excludes halogenated alkanes) is 4. The Hall–Kier alpha value is -4.10. The molecule has 16 nitrogen and oxygen atoms in total. The minimum atomic E-state index is -4.66. The topological polar surface area (TPSA) is 230 Å². The van der Waals surface area contributed by atoms with Crippen LogP contribution >= 0.6 is 7.75 Å². The molecule has 1 fully saturated rings. The van der Waals surface area contributed by atoms with Crippen molar-refractivity contribution in [2.45, 2.75) is 115 Å². The Kier molecular flexibility index (Phi) is 14.4. The zero-order chi connectivity index (χ0) is 38.8. The zero-order valence-corrected chi connectivity index (χ0v) is 31.8. The van der Waals surface area contributed by atoms with Crippen LogP contribution in [0.25, 0.3) is 5.52 Å². The van der Waals surface area contributed by atoms with E-state index in [1.54, 1.807) is 24.3 Å². The summed E-state index contributed by atoms with van der Waals surface area (Å²) in [7, 11) is -4.66. The number of aliphatic hydroxyl groups excluding tert-OH is 2. The molecule has 0 spiro atoms. The minimum absolute atomic E-state index is 0.0537. The second kappa shape index (κ2) is 18.3. The fourth-order valence-corrected chi connectivity index (χ4v) is 7.23. The van der Waals surface area contributed by atoms with E-state index in [0.717, 1.165) is 37.6 Å². The van der Waals surface area contributed by atoms with Gasteiger partial charge in [0.25, 0.3) is 0 Å². The van der Waals surface area contributed by atoms with Crippen LogP contribution in [0.5, 0.6) is 5.75 Å². The van der Waals surface area contributed by atoms with Crippen LogP contribution in [-0.4, -0.2) is 80.9 Å². The molecule has 3 aromatic rings. The molecule has 1 aromatic carbocycles. The lowest BCUT2D eigenvalue weighted by atomic mass is 9.87. The van der Waals surface area contributed by atoms with Crippen LogP contribution < -0.4 is 15.3 Å². The highest BCUT2D eigenvalue weighted by molar-refractivity contribution is 7.52. The summed E-state index contributed by atoms with van der Waals surface area (Å²) in [6, 6.07) is 10.1. The van der Waals surface area contributed by atoms with Gasteiger partial charge in [0.1, 0.15) is 48.0 Å². The van der Waals surface area contributed by atoms with Gasteiger partial charge in [0.15, 0.2) is 5.82 Å². The molecule has 0 aliphatic carbocycles. The summed E-state index contributed by atoms with van der Waals surface area (Å²) < 4.78 is 44.4. The molecule has 5 N–H and O–H groups in total. The number of esters is 2. The Bertz CT molecular complexity index is 1770. The standard InChI is InChI=1S/C36H51N6O10P/c1-6-8-10-18-48-30(43)20-26(34(46)49-19-11-9-7-2)41-53(47,52-25-14-12-24(13-15-25)35(3,4)5)50-21-28-31(44)32(45)36(22-37,51-28)29-17-16-27-33(38)39-23-40-42(27)29/h12-17,23,26,28,31-32,44-45H,6-11,18-21H2,1-5H3,(H,41,47)(H2,38,39,40)/t26-,28+,31+,32+,36-,53?/m0/s1. The van der Waals surface area contributed by atoms with E-state index in [4.69, 9.17) is 29.0 Å². The van der Waals surface area contributed by atoms with Gasteiger partial charge in [0.2, 0.25) is 5.60 Å². The van der Waals surface area contributed by atoms with E-state index in [2.05, 4.69) is 15.2 Å². The lowest BCUT2D eigenvalue weighted by Gasteiger charge is -2.26. The zero-order valence-electron chi connectivity index (χ0n) is 30.9. The van der Waals surface area contributed by atoms with Crippen molar-refractivity contribution in [1.29, 1.82) is 5.26 Å². The van der Waals surface area contributed by atoms with Gasteiger partial charge in [-0.15, -0.1) is 0 Å². The van der Waals surface area contributed by atoms with Gasteiger partial charge >= 0.3 is 19.7 Å². The van der Waals surface area contributed by atoms with Gasteiger partial charge in [-0.25, -0.2) is 14.1 Å². The number of aliphatic hydroxyl groups is 2. The van der Waals surface area contributed by atoms with E-state index >= 15 is 0 Å². The van der Waals surface area contributed by atoms with Crippen LogP contribution in [0.2, 0.25) is 0 Å². The van der Waals surface area contributed by atoms with E-state index in [-0.39, 0.29) is 35.9 Å². The third kappa shape index (κ3) is 10.3. The first-order valence-electron chi connectivity index (χ1n) is 17.9. The number of hydrogen-bond donors (Lipinski definition) is 4. The molecule has 2 aromatic heterocycles. The second-order valence-corrected chi connectivity index (χ2v) is 15.6. The molecule has 1 aliphatic heterocycles. The molecule has 290 valence electrons. The Balaban J connectivity index is 1.62. The van der Waals surface area contributed by atoms with Crippen LogP contribution in [0.1, 0.15) is 90.8 Å². The lowest BCUT2D eigenvalue weighted by Crippen LogP contribution is -2.41. The number of nitrogens with one attached hydrogen (secondary N) is 1. The van der Waals surface area contributed by atoms with E-state index < -0.39 is 62.7 Å². The summed E-state index contributed by atoms with van der Waals surface area (Å²) in [6.45, 7) is 9.59. The number of anilines is 1. The van der Waals surface area contributed by atoms with Crippen molar-refractivity contribution in [3.63, 3.8) is 0 Å². The first-order valence-corrected chi connectivity index (χ1v) is 19.4. The minimum Gasteiger partial charge on any atom is -0.466 e. The first-order chi connectivity index (χ1) is 25.2. The molecule has 17 heteroatoms. The molecule has 0 amide bonds. The quantitative estimate of drug-likeness (QED) is 0.0751. The van der Waals surface area contributed by atoms with E-state index in [1.807, 2.05) is 40.7 Å². The number of rotatable bonds is 19. The van der Waals surface area contributed by atoms with E-state index in [0.29, 0.717) is 18.4 Å². The maximum Gasteiger partial charge on any atom is 0.459 e. The molecular formula is C36H51N6O10P. The van der Waals surface area contributed by atoms with Gasteiger partial charge in [0, 0.05) is 0 Å². The summed E-state index contributed by atoms with van der Waals surface area (Å²) in [6.07, 6.45) is 0.284. The smallest absolute Gasteiger partial charge is 0.459 e. The van der Waals surface area contributed by atoms with Crippen molar-refractivity contribution in [2.75, 3.05) is 25.6 Å². The van der Waals surface area contributed by atoms with Crippen LogP contribution in [0.4, 0.5) is 5.82 Å². The molecule has 0 saturated carbocycles. The van der Waals surface area contributed by atoms with Gasteiger partial charge < -0.3 is 34.7 Å². The number of carbonyl (C=O) groups is 2. The Morgan fingerprint density at radius 3 is 2.36 bits per heavy atom. The average Bonchev–Trinajstić information content (AvgIpc) is 3.67. The monoisotopic (exact) mass is 758 g/mol. The van der Waals surface area contributed by atoms with Crippen molar-refractivity contribution in [1.82, 2.24) is 19.7 Å². The summed E-state index contributed by atoms with van der Waals surface area (Å²) in [5.74, 6) is -1.40. The number of fused-ring (bicyclic) bond motifs is 1. The van der Waals surface area contributed by atoms with Crippen LogP contribution in [0.3, 0.4) is 0 Å². The number of hydrogen-bond acceptors (Lipinski definition) is 14. The van der Waals surface area contributed by atoms with Crippen LogP contribution in [-0.2, 0) is 43.9 Å². The Morgan fingerprint density at radius 1 is 1.08 bits per heavy atom. The number of carbonyl (C=O) groups excluding carboxylic acids is 2. The molecule has 3 heterocycles. The molecule has 1 aliphatic rings. The molecule has 4 rings (SSSR count). The van der Waals surface area contributed by atoms with Gasteiger partial charge in [-0.1, -0.05) is 72.4 Å². The van der Waals surface area contributed by atoms with Crippen LogP contribution in [0, 0.1) is 11.3 Å². The Labute approximate surface area is 309 Å². The number of nitrogens with zero attached hydrogens (tertiary/aromatic N) is 4. The normalized spacial score (nSPS) is 21.8. The van der Waals surface area contributed by atoms with Gasteiger partial charge in [-0.05, 0) is 48.1 Å². The molecule has 1 saturated heterocycles. The predicted molar refractivity (Wildman–Crippen MR) is 193 cm³/mol. The highest BCUT2D eigenvalue weighted by Gasteiger charge is 2.58. The molecular weight excluding hydrogens is 707 g/mol. The number of benzene rings is 1. The number of nitrogens with two attached hydrogens (primary N) is 1. The third-order valence-electron chi connectivity index (χ3n) is 8.81. The maximum atomic E-state index is 14.6. The summed E-state index contributed by atoms with van der Waals surface area (Å²) >= 11 is 0. The van der Waals surface area contributed by atoms with E-state index in [9.17, 15) is 29.6 Å². The van der Waals surface area contributed by atoms with Crippen LogP contribution in [0.15, 0.2) is 42.7 Å². The highest BCUT2D eigenvalue weighted by atomic mass is 31.2. The molecule has 6 atom stereocenters. The number of aromatic nitrogens is 3. The fourth-order valence-electron chi connectivity index (χ4n) is 5.73. The van der Waals surface area contributed by atoms with Crippen molar-refractivity contribution in [2.24, 2.45) is 0 Å².